The summed E-state index contributed by atoms with van der Waals surface area (Å²) in [6.45, 7) is 0.326. The van der Waals surface area contributed by atoms with E-state index in [2.05, 4.69) is 15.6 Å². The van der Waals surface area contributed by atoms with Crippen molar-refractivity contribution < 1.29 is 23.1 Å². The molecule has 3 rings (SSSR count). The number of pyridine rings is 1. The number of hydrogen-bond acceptors (Lipinski definition) is 5. The van der Waals surface area contributed by atoms with Gasteiger partial charge in [0, 0.05) is 18.8 Å². The van der Waals surface area contributed by atoms with Crippen molar-refractivity contribution in [3.8, 4) is 5.75 Å². The average molecular weight is 421 g/mol. The number of hydrogen-bond donors (Lipinski definition) is 2. The van der Waals surface area contributed by atoms with Gasteiger partial charge in [0.05, 0.1) is 5.56 Å². The summed E-state index contributed by atoms with van der Waals surface area (Å²) in [5, 5.41) is 5.58. The van der Waals surface area contributed by atoms with Crippen LogP contribution in [0.15, 0.2) is 47.6 Å². The lowest BCUT2D eigenvalue weighted by Gasteiger charge is -2.10. The Morgan fingerprint density at radius 3 is 2.66 bits per heavy atom. The van der Waals surface area contributed by atoms with Crippen molar-refractivity contribution in [3.05, 3.63) is 53.7 Å². The van der Waals surface area contributed by atoms with Gasteiger partial charge in [-0.25, -0.2) is 4.98 Å². The Balaban J connectivity index is 1.43. The van der Waals surface area contributed by atoms with Crippen molar-refractivity contribution >= 4 is 23.6 Å². The van der Waals surface area contributed by atoms with E-state index in [4.69, 9.17) is 4.74 Å². The van der Waals surface area contributed by atoms with Crippen LogP contribution in [0.1, 0.15) is 28.8 Å². The summed E-state index contributed by atoms with van der Waals surface area (Å²) in [5.41, 5.74) is 1.10. The highest BCUT2D eigenvalue weighted by Gasteiger charge is 2.23. The normalized spacial score (nSPS) is 13.2. The van der Waals surface area contributed by atoms with Gasteiger partial charge in [-0.15, -0.1) is 0 Å². The summed E-state index contributed by atoms with van der Waals surface area (Å²) in [6.07, 6.45) is 4.00. The number of ether oxygens (including phenoxy) is 1. The number of halogens is 2. The Labute approximate surface area is 171 Å². The molecule has 0 spiro atoms. The molecule has 0 aliphatic heterocycles. The molecule has 0 unspecified atom stereocenters. The molecule has 0 saturated heterocycles. The Bertz CT molecular complexity index is 845. The zero-order valence-electron chi connectivity index (χ0n) is 15.6. The number of nitrogens with zero attached hydrogens (tertiary/aromatic N) is 1. The van der Waals surface area contributed by atoms with Gasteiger partial charge in [0.2, 0.25) is 0 Å². The van der Waals surface area contributed by atoms with Crippen LogP contribution in [0.25, 0.3) is 0 Å². The van der Waals surface area contributed by atoms with Crippen molar-refractivity contribution in [1.82, 2.24) is 15.6 Å². The monoisotopic (exact) mass is 421 g/mol. The Kier molecular flexibility index (Phi) is 7.40. The van der Waals surface area contributed by atoms with E-state index in [0.717, 1.165) is 18.4 Å². The predicted octanol–water partition coefficient (Wildman–Crippen LogP) is 3.03. The van der Waals surface area contributed by atoms with E-state index < -0.39 is 11.7 Å². The highest BCUT2D eigenvalue weighted by Crippen LogP contribution is 2.26. The van der Waals surface area contributed by atoms with E-state index in [9.17, 15) is 18.4 Å². The van der Waals surface area contributed by atoms with Gasteiger partial charge in [-0.05, 0) is 60.9 Å². The fourth-order valence-corrected chi connectivity index (χ4v) is 3.13. The molecule has 0 radical (unpaired) electrons. The third-order valence-electron chi connectivity index (χ3n) is 4.15. The van der Waals surface area contributed by atoms with Gasteiger partial charge in [0.15, 0.2) is 6.61 Å². The van der Waals surface area contributed by atoms with Crippen molar-refractivity contribution in [1.29, 1.82) is 0 Å². The number of rotatable bonds is 10. The molecule has 9 heteroatoms. The van der Waals surface area contributed by atoms with Gasteiger partial charge in [-0.3, -0.25) is 9.59 Å². The topological polar surface area (TPSA) is 80.3 Å². The smallest absolute Gasteiger partial charge is 0.290 e. The number of nitrogens with one attached hydrogen (secondary N) is 2. The first kappa shape index (κ1) is 21.0. The number of carbonyl (C=O) groups is 2. The molecule has 1 saturated carbocycles. The molecule has 1 heterocycles. The molecule has 2 amide bonds. The van der Waals surface area contributed by atoms with E-state index in [1.54, 1.807) is 12.1 Å². The summed E-state index contributed by atoms with van der Waals surface area (Å²) in [5.74, 6) is -2.62. The van der Waals surface area contributed by atoms with Crippen LogP contribution in [0.2, 0.25) is 0 Å². The number of aromatic nitrogens is 1. The van der Waals surface area contributed by atoms with Crippen LogP contribution in [0.3, 0.4) is 0 Å². The minimum Gasteiger partial charge on any atom is -0.484 e. The predicted molar refractivity (Wildman–Crippen MR) is 105 cm³/mol. The molecule has 2 N–H and O–H groups in total. The summed E-state index contributed by atoms with van der Waals surface area (Å²) in [4.78, 5) is 27.7. The quantitative estimate of drug-likeness (QED) is 0.577. The van der Waals surface area contributed by atoms with Crippen LogP contribution in [-0.4, -0.2) is 41.7 Å². The molecular formula is C20H21F2N3O3S. The van der Waals surface area contributed by atoms with E-state index in [1.807, 2.05) is 12.1 Å². The van der Waals surface area contributed by atoms with Crippen molar-refractivity contribution in [2.75, 3.05) is 13.2 Å². The van der Waals surface area contributed by atoms with Gasteiger partial charge < -0.3 is 15.4 Å². The van der Waals surface area contributed by atoms with Crippen molar-refractivity contribution in [2.45, 2.75) is 36.1 Å². The number of thioether (sulfide) groups is 1. The first-order valence-corrected chi connectivity index (χ1v) is 10.1. The zero-order valence-corrected chi connectivity index (χ0v) is 16.4. The van der Waals surface area contributed by atoms with E-state index >= 15 is 0 Å². The third kappa shape index (κ3) is 7.01. The van der Waals surface area contributed by atoms with Crippen molar-refractivity contribution in [2.24, 2.45) is 0 Å². The molecule has 29 heavy (non-hydrogen) atoms. The molecule has 2 aromatic rings. The third-order valence-corrected chi connectivity index (χ3v) is 4.88. The van der Waals surface area contributed by atoms with E-state index in [1.165, 1.54) is 18.3 Å². The number of carbonyl (C=O) groups excluding carboxylic acids is 2. The molecule has 0 bridgehead atoms. The van der Waals surface area contributed by atoms with Gasteiger partial charge in [-0.1, -0.05) is 12.1 Å². The minimum absolute atomic E-state index is 0.00669. The van der Waals surface area contributed by atoms with E-state index in [0.29, 0.717) is 24.8 Å². The second-order valence-electron chi connectivity index (χ2n) is 6.51. The van der Waals surface area contributed by atoms with Crippen LogP contribution in [0.5, 0.6) is 5.75 Å². The number of benzene rings is 1. The first-order valence-electron chi connectivity index (χ1n) is 9.20. The molecule has 1 fully saturated rings. The molecule has 154 valence electrons. The van der Waals surface area contributed by atoms with Gasteiger partial charge >= 0.3 is 0 Å². The molecule has 1 aliphatic carbocycles. The highest BCUT2D eigenvalue weighted by atomic mass is 32.2. The summed E-state index contributed by atoms with van der Waals surface area (Å²) < 4.78 is 30.6. The summed E-state index contributed by atoms with van der Waals surface area (Å²) in [7, 11) is 0. The molecule has 1 aliphatic rings. The SMILES string of the molecule is O=C(COc1ccc(CCNC(=O)c2cccnc2SC(F)F)cc1)NC1CC1. The number of alkyl halides is 2. The molecule has 1 aromatic carbocycles. The Morgan fingerprint density at radius 1 is 1.21 bits per heavy atom. The molecule has 0 atom stereocenters. The Hall–Kier alpha value is -2.68. The maximum atomic E-state index is 12.6. The van der Waals surface area contributed by atoms with Gasteiger partial charge in [0.25, 0.3) is 17.6 Å². The molecule has 6 nitrogen and oxygen atoms in total. The van der Waals surface area contributed by atoms with Crippen LogP contribution >= 0.6 is 11.8 Å². The first-order chi connectivity index (χ1) is 14.0. The average Bonchev–Trinajstić information content (AvgIpc) is 3.51. The van der Waals surface area contributed by atoms with Crippen LogP contribution in [0.4, 0.5) is 8.78 Å². The zero-order chi connectivity index (χ0) is 20.6. The number of amides is 2. The minimum atomic E-state index is -2.64. The van der Waals surface area contributed by atoms with E-state index in [-0.39, 0.29) is 34.9 Å². The lowest BCUT2D eigenvalue weighted by molar-refractivity contribution is -0.123. The van der Waals surface area contributed by atoms with Crippen LogP contribution in [-0.2, 0) is 11.2 Å². The largest absolute Gasteiger partial charge is 0.484 e. The standard InChI is InChI=1S/C20H21F2N3O3S/c21-20(22)29-19-16(2-1-10-24-19)18(27)23-11-9-13-3-7-15(8-4-13)28-12-17(26)25-14-5-6-14/h1-4,7-8,10,14,20H,5-6,9,11-12H2,(H,23,27)(H,25,26). The fourth-order valence-electron chi connectivity index (χ4n) is 2.56. The highest BCUT2D eigenvalue weighted by molar-refractivity contribution is 7.99. The molecular weight excluding hydrogens is 400 g/mol. The Morgan fingerprint density at radius 2 is 1.97 bits per heavy atom. The lowest BCUT2D eigenvalue weighted by Crippen LogP contribution is -2.30. The summed E-state index contributed by atoms with van der Waals surface area (Å²) in [6, 6.07) is 10.5. The lowest BCUT2D eigenvalue weighted by atomic mass is 10.1. The maximum absolute atomic E-state index is 12.6. The van der Waals surface area contributed by atoms with Crippen LogP contribution in [0, 0.1) is 0 Å². The maximum Gasteiger partial charge on any atom is 0.290 e. The fraction of sp³-hybridized carbons (Fsp3) is 0.350. The van der Waals surface area contributed by atoms with Gasteiger partial charge in [0.1, 0.15) is 10.8 Å². The summed E-state index contributed by atoms with van der Waals surface area (Å²) >= 11 is 0.250. The van der Waals surface area contributed by atoms with Crippen molar-refractivity contribution in [3.63, 3.8) is 0 Å². The second-order valence-corrected chi connectivity index (χ2v) is 7.49. The second kappa shape index (κ2) is 10.2. The van der Waals surface area contributed by atoms with Crippen LogP contribution < -0.4 is 15.4 Å². The van der Waals surface area contributed by atoms with Gasteiger partial charge in [-0.2, -0.15) is 8.78 Å². The molecule has 1 aromatic heterocycles.